The van der Waals surface area contributed by atoms with Gasteiger partial charge in [-0.25, -0.2) is 4.98 Å². The van der Waals surface area contributed by atoms with E-state index in [0.717, 1.165) is 23.5 Å². The number of aromatic nitrogens is 1. The van der Waals surface area contributed by atoms with Gasteiger partial charge in [-0.1, -0.05) is 6.07 Å². The fourth-order valence-corrected chi connectivity index (χ4v) is 3.13. The van der Waals surface area contributed by atoms with E-state index in [1.807, 2.05) is 12.3 Å². The standard InChI is InChI=1S/C12H15NOS2/c1-9-8-16-12(13-9)7-10(14)4-5-11-3-2-6-15-11/h2-3,6,8,10,14H,4-5,7H2,1H3. The summed E-state index contributed by atoms with van der Waals surface area (Å²) in [5, 5.41) is 15.0. The lowest BCUT2D eigenvalue weighted by molar-refractivity contribution is 0.165. The molecule has 1 atom stereocenters. The highest BCUT2D eigenvalue weighted by atomic mass is 32.1. The van der Waals surface area contributed by atoms with Gasteiger partial charge >= 0.3 is 0 Å². The van der Waals surface area contributed by atoms with Crippen molar-refractivity contribution in [2.45, 2.75) is 32.3 Å². The first kappa shape index (κ1) is 11.8. The van der Waals surface area contributed by atoms with Gasteiger partial charge in [-0.2, -0.15) is 0 Å². The van der Waals surface area contributed by atoms with Crippen molar-refractivity contribution in [3.8, 4) is 0 Å². The highest BCUT2D eigenvalue weighted by molar-refractivity contribution is 7.10. The van der Waals surface area contributed by atoms with Crippen LogP contribution in [0.25, 0.3) is 0 Å². The molecule has 0 aliphatic heterocycles. The molecule has 0 aliphatic rings. The van der Waals surface area contributed by atoms with Crippen LogP contribution in [-0.2, 0) is 12.8 Å². The van der Waals surface area contributed by atoms with Gasteiger partial charge in [0, 0.05) is 22.4 Å². The first-order valence-electron chi connectivity index (χ1n) is 5.35. The first-order valence-corrected chi connectivity index (χ1v) is 7.11. The number of hydrogen-bond acceptors (Lipinski definition) is 4. The molecular formula is C12H15NOS2. The number of hydrogen-bond donors (Lipinski definition) is 1. The number of thiazole rings is 1. The highest BCUT2D eigenvalue weighted by Crippen LogP contribution is 2.16. The van der Waals surface area contributed by atoms with Crippen LogP contribution in [0.1, 0.15) is 22.0 Å². The predicted molar refractivity (Wildman–Crippen MR) is 69.2 cm³/mol. The Labute approximate surface area is 104 Å². The average Bonchev–Trinajstić information content (AvgIpc) is 2.87. The predicted octanol–water partition coefficient (Wildman–Crippen LogP) is 3.05. The fraction of sp³-hybridized carbons (Fsp3) is 0.417. The number of rotatable bonds is 5. The lowest BCUT2D eigenvalue weighted by Gasteiger charge is -2.07. The van der Waals surface area contributed by atoms with E-state index in [4.69, 9.17) is 0 Å². The van der Waals surface area contributed by atoms with Crippen molar-refractivity contribution >= 4 is 22.7 Å². The van der Waals surface area contributed by atoms with Crippen molar-refractivity contribution in [1.82, 2.24) is 4.98 Å². The van der Waals surface area contributed by atoms with Crippen molar-refractivity contribution in [3.63, 3.8) is 0 Å². The number of aliphatic hydroxyl groups excluding tert-OH is 1. The third-order valence-corrected chi connectivity index (χ3v) is 4.31. The molecule has 4 heteroatoms. The summed E-state index contributed by atoms with van der Waals surface area (Å²) in [5.41, 5.74) is 1.05. The normalized spacial score (nSPS) is 12.9. The molecule has 1 N–H and O–H groups in total. The summed E-state index contributed by atoms with van der Waals surface area (Å²) >= 11 is 3.38. The zero-order valence-corrected chi connectivity index (χ0v) is 10.9. The lowest BCUT2D eigenvalue weighted by atomic mass is 10.1. The molecular weight excluding hydrogens is 238 g/mol. The maximum atomic E-state index is 9.88. The van der Waals surface area contributed by atoms with E-state index in [1.165, 1.54) is 4.88 Å². The van der Waals surface area contributed by atoms with Crippen LogP contribution in [-0.4, -0.2) is 16.2 Å². The maximum Gasteiger partial charge on any atom is 0.0953 e. The van der Waals surface area contributed by atoms with Gasteiger partial charge in [-0.05, 0) is 31.2 Å². The molecule has 2 aromatic heterocycles. The van der Waals surface area contributed by atoms with Crippen LogP contribution in [0.4, 0.5) is 0 Å². The largest absolute Gasteiger partial charge is 0.393 e. The van der Waals surface area contributed by atoms with Crippen LogP contribution in [0, 0.1) is 6.92 Å². The minimum atomic E-state index is -0.271. The minimum Gasteiger partial charge on any atom is -0.393 e. The SMILES string of the molecule is Cc1csc(CC(O)CCc2cccs2)n1. The summed E-state index contributed by atoms with van der Waals surface area (Å²) in [6.45, 7) is 1.98. The summed E-state index contributed by atoms with van der Waals surface area (Å²) < 4.78 is 0. The van der Waals surface area contributed by atoms with Gasteiger partial charge in [-0.3, -0.25) is 0 Å². The highest BCUT2D eigenvalue weighted by Gasteiger charge is 2.08. The molecule has 2 heterocycles. The topological polar surface area (TPSA) is 33.1 Å². The smallest absolute Gasteiger partial charge is 0.0953 e. The van der Waals surface area contributed by atoms with E-state index in [1.54, 1.807) is 22.7 Å². The average molecular weight is 253 g/mol. The van der Waals surface area contributed by atoms with Crippen LogP contribution in [0.3, 0.4) is 0 Å². The molecule has 1 unspecified atom stereocenters. The second-order valence-corrected chi connectivity index (χ2v) is 5.83. The van der Waals surface area contributed by atoms with Gasteiger partial charge < -0.3 is 5.11 Å². The zero-order chi connectivity index (χ0) is 11.4. The quantitative estimate of drug-likeness (QED) is 0.888. The van der Waals surface area contributed by atoms with Crippen molar-refractivity contribution in [2.75, 3.05) is 0 Å². The Balaban J connectivity index is 1.78. The van der Waals surface area contributed by atoms with Crippen molar-refractivity contribution in [1.29, 1.82) is 0 Å². The Morgan fingerprint density at radius 2 is 2.31 bits per heavy atom. The minimum absolute atomic E-state index is 0.271. The van der Waals surface area contributed by atoms with Gasteiger partial charge in [0.15, 0.2) is 0 Å². The third kappa shape index (κ3) is 3.40. The summed E-state index contributed by atoms with van der Waals surface area (Å²) in [6, 6.07) is 4.17. The summed E-state index contributed by atoms with van der Waals surface area (Å²) in [7, 11) is 0. The van der Waals surface area contributed by atoms with E-state index in [0.29, 0.717) is 6.42 Å². The second kappa shape index (κ2) is 5.57. The van der Waals surface area contributed by atoms with E-state index in [9.17, 15) is 5.11 Å². The second-order valence-electron chi connectivity index (χ2n) is 3.86. The number of aryl methyl sites for hydroxylation is 2. The molecule has 2 nitrogen and oxygen atoms in total. The Morgan fingerprint density at radius 1 is 1.44 bits per heavy atom. The molecule has 0 saturated heterocycles. The molecule has 0 spiro atoms. The Morgan fingerprint density at radius 3 is 2.94 bits per heavy atom. The first-order chi connectivity index (χ1) is 7.74. The molecule has 0 aliphatic carbocycles. The molecule has 16 heavy (non-hydrogen) atoms. The maximum absolute atomic E-state index is 9.88. The lowest BCUT2D eigenvalue weighted by Crippen LogP contribution is -2.11. The van der Waals surface area contributed by atoms with E-state index >= 15 is 0 Å². The van der Waals surface area contributed by atoms with E-state index < -0.39 is 0 Å². The third-order valence-electron chi connectivity index (χ3n) is 2.38. The van der Waals surface area contributed by atoms with Crippen LogP contribution in [0.5, 0.6) is 0 Å². The molecule has 0 fully saturated rings. The Kier molecular flexibility index (Phi) is 4.09. The molecule has 0 aromatic carbocycles. The number of aliphatic hydroxyl groups is 1. The van der Waals surface area contributed by atoms with Crippen molar-refractivity contribution in [2.24, 2.45) is 0 Å². The summed E-state index contributed by atoms with van der Waals surface area (Å²) in [4.78, 5) is 5.70. The Hall–Kier alpha value is -0.710. The van der Waals surface area contributed by atoms with Crippen LogP contribution < -0.4 is 0 Å². The zero-order valence-electron chi connectivity index (χ0n) is 9.22. The van der Waals surface area contributed by atoms with Crippen LogP contribution >= 0.6 is 22.7 Å². The molecule has 2 rings (SSSR count). The molecule has 2 aromatic rings. The fourth-order valence-electron chi connectivity index (χ4n) is 1.56. The molecule has 0 saturated carbocycles. The van der Waals surface area contributed by atoms with Gasteiger partial charge in [0.1, 0.15) is 0 Å². The molecule has 0 bridgehead atoms. The Bertz CT molecular complexity index is 422. The van der Waals surface area contributed by atoms with Gasteiger partial charge in [0.05, 0.1) is 11.1 Å². The van der Waals surface area contributed by atoms with Gasteiger partial charge in [0.25, 0.3) is 0 Å². The van der Waals surface area contributed by atoms with E-state index in [-0.39, 0.29) is 6.10 Å². The van der Waals surface area contributed by atoms with Gasteiger partial charge in [0.2, 0.25) is 0 Å². The van der Waals surface area contributed by atoms with Crippen molar-refractivity contribution < 1.29 is 5.11 Å². The van der Waals surface area contributed by atoms with E-state index in [2.05, 4.69) is 22.5 Å². The monoisotopic (exact) mass is 253 g/mol. The summed E-state index contributed by atoms with van der Waals surface area (Å²) in [6.07, 6.45) is 2.19. The van der Waals surface area contributed by atoms with Crippen molar-refractivity contribution in [3.05, 3.63) is 38.5 Å². The van der Waals surface area contributed by atoms with Crippen LogP contribution in [0.15, 0.2) is 22.9 Å². The number of thiophene rings is 1. The molecule has 0 amide bonds. The summed E-state index contributed by atoms with van der Waals surface area (Å²) in [5.74, 6) is 0. The molecule has 86 valence electrons. The van der Waals surface area contributed by atoms with Gasteiger partial charge in [-0.15, -0.1) is 22.7 Å². The number of nitrogens with zero attached hydrogens (tertiary/aromatic N) is 1. The molecule has 0 radical (unpaired) electrons. The van der Waals surface area contributed by atoms with Crippen LogP contribution in [0.2, 0.25) is 0 Å².